The van der Waals surface area contributed by atoms with Crippen molar-refractivity contribution in [1.29, 1.82) is 0 Å². The van der Waals surface area contributed by atoms with Crippen LogP contribution in [-0.2, 0) is 0 Å². The van der Waals surface area contributed by atoms with Gasteiger partial charge in [0.15, 0.2) is 0 Å². The molecule has 3 nitrogen and oxygen atoms in total. The summed E-state index contributed by atoms with van der Waals surface area (Å²) in [6.45, 7) is 8.57. The van der Waals surface area contributed by atoms with E-state index in [4.69, 9.17) is 0 Å². The SMILES string of the molecule is CCC[CH2][Sn]([CH2]CCC)([CH2]CCC)[c]1cnc(C)c(C(=O)O)c1. The van der Waals surface area contributed by atoms with Crippen LogP contribution in [0.1, 0.15) is 75.3 Å². The summed E-state index contributed by atoms with van der Waals surface area (Å²) in [5.41, 5.74) is 1.05. The summed E-state index contributed by atoms with van der Waals surface area (Å²) < 4.78 is 5.37. The van der Waals surface area contributed by atoms with E-state index in [1.54, 1.807) is 6.92 Å². The van der Waals surface area contributed by atoms with Crippen LogP contribution in [0.3, 0.4) is 0 Å². The van der Waals surface area contributed by atoms with Crippen LogP contribution in [-0.4, -0.2) is 34.4 Å². The van der Waals surface area contributed by atoms with Crippen molar-refractivity contribution in [3.8, 4) is 0 Å². The number of hydrogen-bond donors (Lipinski definition) is 1. The predicted molar refractivity (Wildman–Crippen MR) is 100 cm³/mol. The summed E-state index contributed by atoms with van der Waals surface area (Å²) >= 11 is -2.56. The maximum atomic E-state index is 11.5. The van der Waals surface area contributed by atoms with Gasteiger partial charge in [0.05, 0.1) is 0 Å². The van der Waals surface area contributed by atoms with Crippen molar-refractivity contribution < 1.29 is 9.90 Å². The van der Waals surface area contributed by atoms with Gasteiger partial charge in [-0.3, -0.25) is 0 Å². The fourth-order valence-electron chi connectivity index (χ4n) is 3.39. The third-order valence-electron chi connectivity index (χ3n) is 4.96. The molecule has 23 heavy (non-hydrogen) atoms. The van der Waals surface area contributed by atoms with Gasteiger partial charge in [-0.1, -0.05) is 0 Å². The first-order valence-corrected chi connectivity index (χ1v) is 16.7. The number of carboxylic acid groups (broad SMARTS) is 1. The molecule has 0 bridgehead atoms. The number of pyridine rings is 1. The Labute approximate surface area is 145 Å². The first-order chi connectivity index (χ1) is 11.0. The molecule has 1 aromatic heterocycles. The molecular formula is C19H33NO2Sn. The van der Waals surface area contributed by atoms with Crippen LogP contribution in [0, 0.1) is 6.92 Å². The van der Waals surface area contributed by atoms with Crippen LogP contribution >= 0.6 is 0 Å². The van der Waals surface area contributed by atoms with Gasteiger partial charge in [0.2, 0.25) is 0 Å². The van der Waals surface area contributed by atoms with E-state index in [-0.39, 0.29) is 0 Å². The average molecular weight is 426 g/mol. The molecular weight excluding hydrogens is 393 g/mol. The number of hydrogen-bond acceptors (Lipinski definition) is 2. The van der Waals surface area contributed by atoms with Gasteiger partial charge in [-0.2, -0.15) is 0 Å². The van der Waals surface area contributed by atoms with Gasteiger partial charge in [-0.15, -0.1) is 0 Å². The molecule has 0 fully saturated rings. The molecule has 0 aliphatic carbocycles. The monoisotopic (exact) mass is 427 g/mol. The van der Waals surface area contributed by atoms with E-state index in [0.29, 0.717) is 11.3 Å². The Morgan fingerprint density at radius 1 is 1.04 bits per heavy atom. The maximum absolute atomic E-state index is 11.5. The van der Waals surface area contributed by atoms with Crippen molar-refractivity contribution in [3.05, 3.63) is 23.5 Å². The number of carboxylic acids is 1. The molecule has 0 unspecified atom stereocenters. The fraction of sp³-hybridized carbons (Fsp3) is 0.684. The minimum absolute atomic E-state index is 0.410. The standard InChI is InChI=1S/C7H6NO2.3C4H9.Sn/c1-5-6(7(9)10)3-2-4-8-5;3*1-3-4-2;/h3-4H,1H3,(H,9,10);3*1,3-4H2,2H3;. The molecule has 0 aliphatic heterocycles. The molecule has 0 aromatic carbocycles. The van der Waals surface area contributed by atoms with Crippen molar-refractivity contribution in [3.63, 3.8) is 0 Å². The third-order valence-corrected chi connectivity index (χ3v) is 20.5. The van der Waals surface area contributed by atoms with Crippen molar-refractivity contribution in [1.82, 2.24) is 4.98 Å². The van der Waals surface area contributed by atoms with E-state index in [0.717, 1.165) is 0 Å². The van der Waals surface area contributed by atoms with E-state index in [1.165, 1.54) is 55.4 Å². The second-order valence-electron chi connectivity index (χ2n) is 6.75. The summed E-state index contributed by atoms with van der Waals surface area (Å²) in [4.78, 5) is 16.0. The molecule has 0 saturated heterocycles. The number of aromatic nitrogens is 1. The van der Waals surface area contributed by atoms with E-state index < -0.39 is 24.3 Å². The molecule has 1 N–H and O–H groups in total. The average Bonchev–Trinajstić information content (AvgIpc) is 2.55. The van der Waals surface area contributed by atoms with Crippen LogP contribution in [0.5, 0.6) is 0 Å². The van der Waals surface area contributed by atoms with Gasteiger partial charge in [0, 0.05) is 0 Å². The number of nitrogens with zero attached hydrogens (tertiary/aromatic N) is 1. The molecule has 0 atom stereocenters. The van der Waals surface area contributed by atoms with Gasteiger partial charge in [0.1, 0.15) is 0 Å². The van der Waals surface area contributed by atoms with Crippen molar-refractivity contribution in [2.24, 2.45) is 0 Å². The Kier molecular flexibility index (Phi) is 9.18. The van der Waals surface area contributed by atoms with E-state index in [9.17, 15) is 9.90 Å². The zero-order valence-electron chi connectivity index (χ0n) is 15.3. The molecule has 0 saturated carbocycles. The Bertz CT molecular complexity index is 480. The van der Waals surface area contributed by atoms with Gasteiger partial charge in [-0.05, 0) is 0 Å². The minimum atomic E-state index is -2.56. The van der Waals surface area contributed by atoms with Gasteiger partial charge in [-0.25, -0.2) is 0 Å². The first kappa shape index (κ1) is 20.5. The second-order valence-corrected chi connectivity index (χ2v) is 20.0. The van der Waals surface area contributed by atoms with Crippen LogP contribution in [0.4, 0.5) is 0 Å². The Balaban J connectivity index is 3.28. The van der Waals surface area contributed by atoms with E-state index >= 15 is 0 Å². The zero-order chi connectivity index (χ0) is 17.3. The third kappa shape index (κ3) is 5.77. The summed E-state index contributed by atoms with van der Waals surface area (Å²) in [5.74, 6) is -0.835. The Morgan fingerprint density at radius 3 is 1.91 bits per heavy atom. The number of unbranched alkanes of at least 4 members (excludes halogenated alkanes) is 3. The van der Waals surface area contributed by atoms with Crippen molar-refractivity contribution in [2.45, 2.75) is 79.5 Å². The molecule has 1 aromatic rings. The summed E-state index contributed by atoms with van der Waals surface area (Å²) in [6.07, 6.45) is 9.53. The Morgan fingerprint density at radius 2 is 1.52 bits per heavy atom. The quantitative estimate of drug-likeness (QED) is 0.499. The van der Waals surface area contributed by atoms with Crippen LogP contribution < -0.4 is 3.58 Å². The van der Waals surface area contributed by atoms with E-state index in [2.05, 4.69) is 25.8 Å². The van der Waals surface area contributed by atoms with Crippen molar-refractivity contribution >= 4 is 27.9 Å². The number of carbonyl (C=O) groups is 1. The molecule has 0 amide bonds. The summed E-state index contributed by atoms with van der Waals surface area (Å²) in [5, 5.41) is 9.47. The van der Waals surface area contributed by atoms with E-state index in [1.807, 2.05) is 12.3 Å². The molecule has 1 rings (SSSR count). The van der Waals surface area contributed by atoms with Gasteiger partial charge < -0.3 is 0 Å². The van der Waals surface area contributed by atoms with Gasteiger partial charge in [0.25, 0.3) is 0 Å². The first-order valence-electron chi connectivity index (χ1n) is 9.21. The van der Waals surface area contributed by atoms with Crippen LogP contribution in [0.15, 0.2) is 12.3 Å². The topological polar surface area (TPSA) is 50.2 Å². The number of aryl methyl sites for hydroxylation is 1. The Hall–Kier alpha value is -0.581. The number of aromatic carboxylic acids is 1. The van der Waals surface area contributed by atoms with Crippen LogP contribution in [0.25, 0.3) is 0 Å². The summed E-state index contributed by atoms with van der Waals surface area (Å²) in [7, 11) is 0. The molecule has 0 spiro atoms. The van der Waals surface area contributed by atoms with Crippen LogP contribution in [0.2, 0.25) is 13.3 Å². The predicted octanol–water partition coefficient (Wildman–Crippen LogP) is 5.14. The normalized spacial score (nSPS) is 11.7. The molecule has 130 valence electrons. The van der Waals surface area contributed by atoms with Crippen molar-refractivity contribution in [2.75, 3.05) is 0 Å². The molecule has 0 aliphatic rings. The van der Waals surface area contributed by atoms with Gasteiger partial charge >= 0.3 is 146 Å². The zero-order valence-corrected chi connectivity index (χ0v) is 18.2. The fourth-order valence-corrected chi connectivity index (χ4v) is 19.1. The summed E-state index contributed by atoms with van der Waals surface area (Å²) in [6, 6.07) is 1.99. The number of rotatable bonds is 11. The molecule has 1 heterocycles. The second kappa shape index (κ2) is 10.3. The molecule has 0 radical (unpaired) electrons. The molecule has 4 heteroatoms.